The van der Waals surface area contributed by atoms with Crippen LogP contribution in [0.4, 0.5) is 0 Å². The average Bonchev–Trinajstić information content (AvgIpc) is 2.84. The molecule has 1 fully saturated rings. The first-order valence-electron chi connectivity index (χ1n) is 10.7. The minimum absolute atomic E-state index is 0.277. The largest absolute Gasteiger partial charge is 0.481 e. The second kappa shape index (κ2) is 9.17. The van der Waals surface area contributed by atoms with Crippen LogP contribution in [0.3, 0.4) is 0 Å². The predicted octanol–water partition coefficient (Wildman–Crippen LogP) is 5.41. The number of ether oxygens (including phenoxy) is 1. The van der Waals surface area contributed by atoms with Crippen molar-refractivity contribution in [3.8, 4) is 0 Å². The highest BCUT2D eigenvalue weighted by molar-refractivity contribution is 5.76. The molecule has 0 spiro atoms. The molecule has 0 radical (unpaired) electrons. The lowest BCUT2D eigenvalue weighted by atomic mass is 9.79. The van der Waals surface area contributed by atoms with Crippen LogP contribution in [0.15, 0.2) is 91.0 Å². The Morgan fingerprint density at radius 1 is 0.645 bits per heavy atom. The van der Waals surface area contributed by atoms with E-state index in [1.54, 1.807) is 0 Å². The van der Waals surface area contributed by atoms with Gasteiger partial charge < -0.3 is 9.84 Å². The molecule has 0 amide bonds. The maximum atomic E-state index is 13.4. The van der Waals surface area contributed by atoms with E-state index < -0.39 is 11.6 Å². The molecule has 3 aromatic rings. The molecule has 1 saturated carbocycles. The smallest absolute Gasteiger partial charge is 0.310 e. The lowest BCUT2D eigenvalue weighted by Gasteiger charge is -2.37. The highest BCUT2D eigenvalue weighted by Crippen LogP contribution is 2.42. The minimum atomic E-state index is -1.08. The molecule has 0 bridgehead atoms. The number of esters is 1. The number of aliphatic carboxylic acids is 1. The van der Waals surface area contributed by atoms with Gasteiger partial charge in [-0.2, -0.15) is 0 Å². The molecule has 4 nitrogen and oxygen atoms in total. The first kappa shape index (κ1) is 20.9. The summed E-state index contributed by atoms with van der Waals surface area (Å²) in [6.07, 6.45) is 2.07. The van der Waals surface area contributed by atoms with Crippen molar-refractivity contribution in [3.63, 3.8) is 0 Å². The molecule has 0 heterocycles. The maximum Gasteiger partial charge on any atom is 0.310 e. The normalized spacial score (nSPS) is 18.8. The van der Waals surface area contributed by atoms with Crippen LogP contribution in [-0.4, -0.2) is 17.0 Å². The summed E-state index contributed by atoms with van der Waals surface area (Å²) in [5.74, 6) is -1.73. The van der Waals surface area contributed by atoms with E-state index >= 15 is 0 Å². The van der Waals surface area contributed by atoms with E-state index in [4.69, 9.17) is 4.74 Å². The number of rotatable bonds is 6. The number of benzene rings is 3. The second-order valence-electron chi connectivity index (χ2n) is 8.09. The zero-order chi connectivity index (χ0) is 21.7. The first-order valence-corrected chi connectivity index (χ1v) is 10.7. The summed E-state index contributed by atoms with van der Waals surface area (Å²) in [6.45, 7) is 0. The predicted molar refractivity (Wildman–Crippen MR) is 118 cm³/mol. The molecule has 1 N–H and O–H groups in total. The van der Waals surface area contributed by atoms with Gasteiger partial charge in [-0.25, -0.2) is 0 Å². The Hall–Kier alpha value is -3.40. The molecule has 1 aliphatic rings. The summed E-state index contributed by atoms with van der Waals surface area (Å²) in [5, 5.41) is 9.28. The summed E-state index contributed by atoms with van der Waals surface area (Å²) >= 11 is 0. The standard InChI is InChI=1S/C27H26O4/c28-25(29)20-16-18-21(19-17-20)26(30)31-27(22-10-4-1-5-11-22,23-12-6-2-7-13-23)24-14-8-3-9-15-24/h1-15,20-21H,16-19H2,(H,28,29). The molecule has 31 heavy (non-hydrogen) atoms. The van der Waals surface area contributed by atoms with Gasteiger partial charge >= 0.3 is 11.9 Å². The Morgan fingerprint density at radius 3 is 1.35 bits per heavy atom. The molecule has 3 aromatic carbocycles. The number of hydrogen-bond acceptors (Lipinski definition) is 3. The van der Waals surface area contributed by atoms with Gasteiger partial charge in [-0.05, 0) is 25.7 Å². The van der Waals surface area contributed by atoms with Gasteiger partial charge in [0, 0.05) is 16.7 Å². The van der Waals surface area contributed by atoms with Crippen molar-refractivity contribution in [2.45, 2.75) is 31.3 Å². The van der Waals surface area contributed by atoms with Crippen LogP contribution in [-0.2, 0) is 19.9 Å². The molecule has 4 rings (SSSR count). The van der Waals surface area contributed by atoms with Crippen LogP contribution >= 0.6 is 0 Å². The molecule has 0 atom stereocenters. The van der Waals surface area contributed by atoms with Gasteiger partial charge in [-0.15, -0.1) is 0 Å². The molecule has 4 heteroatoms. The fraction of sp³-hybridized carbons (Fsp3) is 0.259. The van der Waals surface area contributed by atoms with Gasteiger partial charge in [-0.1, -0.05) is 91.0 Å². The topological polar surface area (TPSA) is 63.6 Å². The van der Waals surface area contributed by atoms with Crippen molar-refractivity contribution in [1.82, 2.24) is 0 Å². The molecule has 1 aliphatic carbocycles. The molecular formula is C27H26O4. The third kappa shape index (κ3) is 4.24. The molecule has 158 valence electrons. The van der Waals surface area contributed by atoms with Crippen LogP contribution in [0.1, 0.15) is 42.4 Å². The zero-order valence-corrected chi connectivity index (χ0v) is 17.3. The van der Waals surface area contributed by atoms with Crippen LogP contribution in [0.25, 0.3) is 0 Å². The monoisotopic (exact) mass is 414 g/mol. The summed E-state index contributed by atoms with van der Waals surface area (Å²) in [5.41, 5.74) is 1.55. The van der Waals surface area contributed by atoms with Crippen molar-refractivity contribution in [2.24, 2.45) is 11.8 Å². The molecule has 0 unspecified atom stereocenters. The number of carboxylic acids is 1. The number of carboxylic acid groups (broad SMARTS) is 1. The van der Waals surface area contributed by atoms with E-state index in [2.05, 4.69) is 0 Å². The van der Waals surface area contributed by atoms with Crippen LogP contribution in [0.2, 0.25) is 0 Å². The molecular weight excluding hydrogens is 388 g/mol. The van der Waals surface area contributed by atoms with E-state index in [1.807, 2.05) is 91.0 Å². The fourth-order valence-electron chi connectivity index (χ4n) is 4.51. The van der Waals surface area contributed by atoms with E-state index in [0.717, 1.165) is 16.7 Å². The van der Waals surface area contributed by atoms with Crippen molar-refractivity contribution < 1.29 is 19.4 Å². The van der Waals surface area contributed by atoms with Gasteiger partial charge in [0.1, 0.15) is 0 Å². The number of carbonyl (C=O) groups excluding carboxylic acids is 1. The van der Waals surface area contributed by atoms with Gasteiger partial charge in [0.2, 0.25) is 0 Å². The van der Waals surface area contributed by atoms with Gasteiger partial charge in [-0.3, -0.25) is 9.59 Å². The maximum absolute atomic E-state index is 13.4. The highest BCUT2D eigenvalue weighted by Gasteiger charge is 2.42. The van der Waals surface area contributed by atoms with Crippen molar-refractivity contribution in [3.05, 3.63) is 108 Å². The Balaban J connectivity index is 1.76. The summed E-state index contributed by atoms with van der Waals surface area (Å²) in [7, 11) is 0. The van der Waals surface area contributed by atoms with E-state index in [0.29, 0.717) is 25.7 Å². The molecule has 0 aromatic heterocycles. The van der Waals surface area contributed by atoms with Crippen LogP contribution in [0.5, 0.6) is 0 Å². The molecule has 0 saturated heterocycles. The lowest BCUT2D eigenvalue weighted by Crippen LogP contribution is -2.38. The van der Waals surface area contributed by atoms with E-state index in [9.17, 15) is 14.7 Å². The van der Waals surface area contributed by atoms with Crippen molar-refractivity contribution in [1.29, 1.82) is 0 Å². The Labute approximate surface area is 182 Å². The lowest BCUT2D eigenvalue weighted by molar-refractivity contribution is -0.161. The number of hydrogen-bond donors (Lipinski definition) is 1. The first-order chi connectivity index (χ1) is 15.1. The number of carbonyl (C=O) groups is 2. The summed E-state index contributed by atoms with van der Waals surface area (Å²) in [4.78, 5) is 24.7. The van der Waals surface area contributed by atoms with Crippen molar-refractivity contribution >= 4 is 11.9 Å². The molecule has 0 aliphatic heterocycles. The summed E-state index contributed by atoms with van der Waals surface area (Å²) in [6, 6.07) is 29.4. The minimum Gasteiger partial charge on any atom is -0.481 e. The third-order valence-corrected chi connectivity index (χ3v) is 6.20. The van der Waals surface area contributed by atoms with Gasteiger partial charge in [0.25, 0.3) is 0 Å². The van der Waals surface area contributed by atoms with E-state index in [-0.39, 0.29) is 17.8 Å². The Bertz CT molecular complexity index is 910. The Morgan fingerprint density at radius 2 is 1.00 bits per heavy atom. The van der Waals surface area contributed by atoms with E-state index in [1.165, 1.54) is 0 Å². The SMILES string of the molecule is O=C(O)C1CCC(C(=O)OC(c2ccccc2)(c2ccccc2)c2ccccc2)CC1. The third-order valence-electron chi connectivity index (χ3n) is 6.20. The van der Waals surface area contributed by atoms with Gasteiger partial charge in [0.05, 0.1) is 11.8 Å². The quantitative estimate of drug-likeness (QED) is 0.433. The summed E-state index contributed by atoms with van der Waals surface area (Å²) < 4.78 is 6.45. The average molecular weight is 415 g/mol. The van der Waals surface area contributed by atoms with Crippen LogP contribution < -0.4 is 0 Å². The Kier molecular flexibility index (Phi) is 6.17. The zero-order valence-electron chi connectivity index (χ0n) is 17.3. The van der Waals surface area contributed by atoms with Gasteiger partial charge in [0.15, 0.2) is 5.60 Å². The van der Waals surface area contributed by atoms with Crippen LogP contribution in [0, 0.1) is 11.8 Å². The fourth-order valence-corrected chi connectivity index (χ4v) is 4.51. The highest BCUT2D eigenvalue weighted by atomic mass is 16.6. The van der Waals surface area contributed by atoms with Crippen molar-refractivity contribution in [2.75, 3.05) is 0 Å². The second-order valence-corrected chi connectivity index (χ2v) is 8.09.